The van der Waals surface area contributed by atoms with E-state index < -0.39 is 17.4 Å². The van der Waals surface area contributed by atoms with E-state index >= 15 is 0 Å². The van der Waals surface area contributed by atoms with Gasteiger partial charge in [0.1, 0.15) is 6.04 Å². The summed E-state index contributed by atoms with van der Waals surface area (Å²) in [5, 5.41) is 11.8. The van der Waals surface area contributed by atoms with Gasteiger partial charge in [0.25, 0.3) is 0 Å². The highest BCUT2D eigenvalue weighted by atomic mass is 16.4. The van der Waals surface area contributed by atoms with E-state index in [0.29, 0.717) is 5.69 Å². The molecule has 0 radical (unpaired) electrons. The fourth-order valence-electron chi connectivity index (χ4n) is 2.09. The van der Waals surface area contributed by atoms with E-state index in [2.05, 4.69) is 5.32 Å². The number of carbonyl (C=O) groups excluding carboxylic acids is 1. The van der Waals surface area contributed by atoms with Crippen LogP contribution in [0.2, 0.25) is 0 Å². The molecule has 0 aromatic heterocycles. The highest BCUT2D eigenvalue weighted by molar-refractivity contribution is 5.84. The van der Waals surface area contributed by atoms with Crippen molar-refractivity contribution in [2.75, 3.05) is 5.73 Å². The Labute approximate surface area is 125 Å². The van der Waals surface area contributed by atoms with Gasteiger partial charge in [-0.2, -0.15) is 0 Å². The van der Waals surface area contributed by atoms with E-state index in [1.54, 1.807) is 32.9 Å². The first-order valence-corrected chi connectivity index (χ1v) is 6.99. The molecule has 1 aromatic rings. The minimum Gasteiger partial charge on any atom is -0.480 e. The van der Waals surface area contributed by atoms with Gasteiger partial charge in [0.15, 0.2) is 0 Å². The van der Waals surface area contributed by atoms with E-state index in [4.69, 9.17) is 5.73 Å². The Morgan fingerprint density at radius 2 is 1.76 bits per heavy atom. The molecule has 1 amide bonds. The van der Waals surface area contributed by atoms with Gasteiger partial charge in [-0.25, -0.2) is 4.79 Å². The SMILES string of the molecule is CC(CC(=O)N[C@H](C(=O)O)C(C)(C)C)c1ccc(N)cc1. The Kier molecular flexibility index (Phi) is 5.35. The average molecular weight is 292 g/mol. The fourth-order valence-corrected chi connectivity index (χ4v) is 2.09. The molecular weight excluding hydrogens is 268 g/mol. The predicted octanol–water partition coefficient (Wildman–Crippen LogP) is 2.38. The van der Waals surface area contributed by atoms with E-state index in [0.717, 1.165) is 5.56 Å². The Balaban J connectivity index is 2.68. The Bertz CT molecular complexity index is 503. The maximum absolute atomic E-state index is 12.1. The molecule has 0 saturated heterocycles. The molecule has 0 aliphatic heterocycles. The first-order chi connectivity index (χ1) is 9.61. The van der Waals surface area contributed by atoms with Crippen molar-refractivity contribution in [1.29, 1.82) is 0 Å². The summed E-state index contributed by atoms with van der Waals surface area (Å²) in [6.07, 6.45) is 0.240. The minimum atomic E-state index is -1.02. The zero-order valence-corrected chi connectivity index (χ0v) is 13.0. The van der Waals surface area contributed by atoms with E-state index in [-0.39, 0.29) is 18.2 Å². The minimum absolute atomic E-state index is 0.0000123. The monoisotopic (exact) mass is 292 g/mol. The van der Waals surface area contributed by atoms with Crippen LogP contribution in [0.25, 0.3) is 0 Å². The lowest BCUT2D eigenvalue weighted by atomic mass is 9.86. The highest BCUT2D eigenvalue weighted by Gasteiger charge is 2.32. The summed E-state index contributed by atoms with van der Waals surface area (Å²) in [4.78, 5) is 23.3. The molecule has 0 aliphatic carbocycles. The molecule has 116 valence electrons. The van der Waals surface area contributed by atoms with Crippen molar-refractivity contribution in [3.05, 3.63) is 29.8 Å². The number of carbonyl (C=O) groups is 2. The molecule has 0 saturated carbocycles. The number of carboxylic acid groups (broad SMARTS) is 1. The van der Waals surface area contributed by atoms with Crippen LogP contribution in [0, 0.1) is 5.41 Å². The molecule has 1 unspecified atom stereocenters. The van der Waals surface area contributed by atoms with Crippen LogP contribution in [0.3, 0.4) is 0 Å². The summed E-state index contributed by atoms with van der Waals surface area (Å²) >= 11 is 0. The smallest absolute Gasteiger partial charge is 0.326 e. The predicted molar refractivity (Wildman–Crippen MR) is 82.9 cm³/mol. The van der Waals surface area contributed by atoms with Gasteiger partial charge >= 0.3 is 5.97 Å². The van der Waals surface area contributed by atoms with Crippen LogP contribution in [-0.2, 0) is 9.59 Å². The Hall–Kier alpha value is -2.04. The summed E-state index contributed by atoms with van der Waals surface area (Å²) in [6.45, 7) is 7.29. The zero-order valence-electron chi connectivity index (χ0n) is 13.0. The second kappa shape index (κ2) is 6.61. The van der Waals surface area contributed by atoms with Crippen LogP contribution in [0.5, 0.6) is 0 Å². The number of anilines is 1. The maximum atomic E-state index is 12.1. The summed E-state index contributed by atoms with van der Waals surface area (Å²) in [5.41, 5.74) is 6.77. The van der Waals surface area contributed by atoms with Gasteiger partial charge in [-0.1, -0.05) is 39.8 Å². The Morgan fingerprint density at radius 1 is 1.24 bits per heavy atom. The standard InChI is InChI=1S/C16H24N2O3/c1-10(11-5-7-12(17)8-6-11)9-13(19)18-14(15(20)21)16(2,3)4/h5-8,10,14H,9,17H2,1-4H3,(H,18,19)(H,20,21)/t10?,14-/m1/s1. The van der Waals surface area contributed by atoms with Crippen LogP contribution in [0.4, 0.5) is 5.69 Å². The molecule has 1 rings (SSSR count). The van der Waals surface area contributed by atoms with Gasteiger partial charge in [-0.05, 0) is 29.0 Å². The quantitative estimate of drug-likeness (QED) is 0.726. The molecular formula is C16H24N2O3. The molecule has 0 heterocycles. The number of hydrogen-bond acceptors (Lipinski definition) is 3. The first-order valence-electron chi connectivity index (χ1n) is 6.99. The number of carboxylic acids is 1. The topological polar surface area (TPSA) is 92.4 Å². The molecule has 0 spiro atoms. The van der Waals surface area contributed by atoms with Crippen molar-refractivity contribution in [3.63, 3.8) is 0 Å². The highest BCUT2D eigenvalue weighted by Crippen LogP contribution is 2.22. The van der Waals surface area contributed by atoms with Gasteiger partial charge < -0.3 is 16.2 Å². The molecule has 21 heavy (non-hydrogen) atoms. The molecule has 2 atom stereocenters. The maximum Gasteiger partial charge on any atom is 0.326 e. The van der Waals surface area contributed by atoms with Gasteiger partial charge in [0.2, 0.25) is 5.91 Å². The lowest BCUT2D eigenvalue weighted by Crippen LogP contribution is -2.49. The largest absolute Gasteiger partial charge is 0.480 e. The van der Waals surface area contributed by atoms with Gasteiger partial charge in [0.05, 0.1) is 0 Å². The van der Waals surface area contributed by atoms with Gasteiger partial charge in [0, 0.05) is 12.1 Å². The van der Waals surface area contributed by atoms with Crippen molar-refractivity contribution in [2.45, 2.75) is 46.1 Å². The van der Waals surface area contributed by atoms with Gasteiger partial charge in [-0.15, -0.1) is 0 Å². The summed E-state index contributed by atoms with van der Waals surface area (Å²) in [5.74, 6) is -1.28. The van der Waals surface area contributed by atoms with Crippen molar-refractivity contribution in [3.8, 4) is 0 Å². The normalized spacial score (nSPS) is 14.3. The van der Waals surface area contributed by atoms with Crippen molar-refractivity contribution in [1.82, 2.24) is 5.32 Å². The summed E-state index contributed by atoms with van der Waals surface area (Å²) in [7, 11) is 0. The summed E-state index contributed by atoms with van der Waals surface area (Å²) < 4.78 is 0. The third-order valence-corrected chi connectivity index (χ3v) is 3.42. The van der Waals surface area contributed by atoms with E-state index in [1.165, 1.54) is 0 Å². The van der Waals surface area contributed by atoms with Gasteiger partial charge in [-0.3, -0.25) is 4.79 Å². The number of rotatable bonds is 5. The third kappa shape index (κ3) is 5.10. The second-order valence-electron chi connectivity index (χ2n) is 6.48. The molecule has 4 N–H and O–H groups in total. The van der Waals surface area contributed by atoms with Crippen LogP contribution in [0.15, 0.2) is 24.3 Å². The number of amides is 1. The van der Waals surface area contributed by atoms with Crippen LogP contribution in [0.1, 0.15) is 45.6 Å². The molecule has 5 heteroatoms. The summed E-state index contributed by atoms with van der Waals surface area (Å²) in [6, 6.07) is 6.44. The molecule has 5 nitrogen and oxygen atoms in total. The number of aliphatic carboxylic acids is 1. The van der Waals surface area contributed by atoms with E-state index in [1.807, 2.05) is 19.1 Å². The lowest BCUT2D eigenvalue weighted by Gasteiger charge is -2.28. The molecule has 1 aromatic carbocycles. The number of hydrogen-bond donors (Lipinski definition) is 3. The van der Waals surface area contributed by atoms with Crippen molar-refractivity contribution < 1.29 is 14.7 Å². The number of nitrogens with one attached hydrogen (secondary N) is 1. The third-order valence-electron chi connectivity index (χ3n) is 3.42. The van der Waals surface area contributed by atoms with Crippen molar-refractivity contribution in [2.24, 2.45) is 5.41 Å². The number of benzene rings is 1. The lowest BCUT2D eigenvalue weighted by molar-refractivity contribution is -0.145. The molecule has 0 aliphatic rings. The first kappa shape index (κ1) is 17.0. The number of nitrogens with two attached hydrogens (primary N) is 1. The average Bonchev–Trinajstić information content (AvgIpc) is 2.35. The second-order valence-corrected chi connectivity index (χ2v) is 6.48. The zero-order chi connectivity index (χ0) is 16.2. The van der Waals surface area contributed by atoms with Crippen LogP contribution in [-0.4, -0.2) is 23.0 Å². The molecule has 0 bridgehead atoms. The van der Waals surface area contributed by atoms with Crippen molar-refractivity contribution >= 4 is 17.6 Å². The van der Waals surface area contributed by atoms with E-state index in [9.17, 15) is 14.7 Å². The number of nitrogen functional groups attached to an aromatic ring is 1. The Morgan fingerprint density at radius 3 is 2.19 bits per heavy atom. The van der Waals surface area contributed by atoms with Crippen LogP contribution >= 0.6 is 0 Å². The molecule has 0 fully saturated rings. The fraction of sp³-hybridized carbons (Fsp3) is 0.500. The van der Waals surface area contributed by atoms with Crippen LogP contribution < -0.4 is 11.1 Å².